The lowest BCUT2D eigenvalue weighted by molar-refractivity contribution is -0.385. The van der Waals surface area contributed by atoms with Crippen molar-refractivity contribution in [3.05, 3.63) is 101 Å². The minimum absolute atomic E-state index is 0.119. The molecule has 0 unspecified atom stereocenters. The molecule has 3 rings (SSSR count). The van der Waals surface area contributed by atoms with Crippen LogP contribution in [-0.4, -0.2) is 13.3 Å². The molecule has 0 saturated heterocycles. The van der Waals surface area contributed by atoms with Crippen LogP contribution in [-0.2, 0) is 16.6 Å². The number of nitrogens with zero attached hydrogens (tertiary/aromatic N) is 2. The van der Waals surface area contributed by atoms with E-state index in [1.807, 2.05) is 30.3 Å². The maximum absolute atomic E-state index is 13.2. The van der Waals surface area contributed by atoms with E-state index < -0.39 is 14.9 Å². The molecule has 6 nitrogen and oxygen atoms in total. The van der Waals surface area contributed by atoms with E-state index in [9.17, 15) is 18.5 Å². The standard InChI is InChI=1S/C19H16N2O4S/c22-21(23)18-12-7-13-19(14-18)26(24,25)20(17-10-5-2-6-11-17)15-16-8-3-1-4-9-16/h1-14H,15H2. The van der Waals surface area contributed by atoms with Gasteiger partial charge in [0, 0.05) is 12.1 Å². The number of non-ortho nitro benzene ring substituents is 1. The zero-order chi connectivity index (χ0) is 18.6. The van der Waals surface area contributed by atoms with Gasteiger partial charge in [-0.1, -0.05) is 54.6 Å². The van der Waals surface area contributed by atoms with Crippen molar-refractivity contribution in [2.75, 3.05) is 4.31 Å². The van der Waals surface area contributed by atoms with E-state index in [-0.39, 0.29) is 17.1 Å². The summed E-state index contributed by atoms with van der Waals surface area (Å²) < 4.78 is 27.7. The second-order valence-electron chi connectivity index (χ2n) is 5.59. The summed E-state index contributed by atoms with van der Waals surface area (Å²) in [7, 11) is -3.98. The van der Waals surface area contributed by atoms with Gasteiger partial charge in [0.05, 0.1) is 22.1 Å². The number of benzene rings is 3. The molecule has 132 valence electrons. The zero-order valence-corrected chi connectivity index (χ0v) is 14.5. The Bertz CT molecular complexity index is 1010. The first-order valence-electron chi connectivity index (χ1n) is 7.84. The van der Waals surface area contributed by atoms with E-state index in [0.29, 0.717) is 5.69 Å². The number of anilines is 1. The Balaban J connectivity index is 2.08. The SMILES string of the molecule is O=[N+]([O-])c1cccc(S(=O)(=O)N(Cc2ccccc2)c2ccccc2)c1. The van der Waals surface area contributed by atoms with Crippen molar-refractivity contribution >= 4 is 21.4 Å². The van der Waals surface area contributed by atoms with Crippen LogP contribution in [0.4, 0.5) is 11.4 Å². The van der Waals surface area contributed by atoms with Gasteiger partial charge < -0.3 is 0 Å². The summed E-state index contributed by atoms with van der Waals surface area (Å²) in [6.07, 6.45) is 0. The lowest BCUT2D eigenvalue weighted by Crippen LogP contribution is -2.30. The van der Waals surface area contributed by atoms with E-state index in [1.165, 1.54) is 22.5 Å². The first-order chi connectivity index (χ1) is 12.5. The molecular formula is C19H16N2O4S. The predicted octanol–water partition coefficient (Wildman–Crippen LogP) is 3.99. The number of nitro groups is 1. The minimum atomic E-state index is -3.98. The van der Waals surface area contributed by atoms with Crippen LogP contribution in [0.3, 0.4) is 0 Å². The van der Waals surface area contributed by atoms with E-state index in [2.05, 4.69) is 0 Å². The van der Waals surface area contributed by atoms with Gasteiger partial charge in [0.1, 0.15) is 0 Å². The molecule has 0 radical (unpaired) electrons. The summed E-state index contributed by atoms with van der Waals surface area (Å²) in [6.45, 7) is 0.121. The van der Waals surface area contributed by atoms with Gasteiger partial charge in [-0.3, -0.25) is 14.4 Å². The van der Waals surface area contributed by atoms with Crippen LogP contribution in [0.5, 0.6) is 0 Å². The van der Waals surface area contributed by atoms with Crippen LogP contribution >= 0.6 is 0 Å². The lowest BCUT2D eigenvalue weighted by Gasteiger charge is -2.24. The maximum Gasteiger partial charge on any atom is 0.270 e. The first-order valence-corrected chi connectivity index (χ1v) is 9.28. The molecule has 0 spiro atoms. The van der Waals surface area contributed by atoms with Crippen molar-refractivity contribution in [2.45, 2.75) is 11.4 Å². The molecule has 3 aromatic carbocycles. The monoisotopic (exact) mass is 368 g/mol. The number of hydrogen-bond acceptors (Lipinski definition) is 4. The Kier molecular flexibility index (Phi) is 4.99. The second-order valence-corrected chi connectivity index (χ2v) is 7.45. The molecular weight excluding hydrogens is 352 g/mol. The summed E-state index contributed by atoms with van der Waals surface area (Å²) in [5, 5.41) is 11.0. The van der Waals surface area contributed by atoms with Crippen LogP contribution in [0.1, 0.15) is 5.56 Å². The number of rotatable bonds is 6. The molecule has 0 N–H and O–H groups in total. The molecule has 0 aliphatic heterocycles. The van der Waals surface area contributed by atoms with Crippen molar-refractivity contribution in [2.24, 2.45) is 0 Å². The third kappa shape index (κ3) is 3.73. The van der Waals surface area contributed by atoms with Crippen molar-refractivity contribution in [1.82, 2.24) is 0 Å². The van der Waals surface area contributed by atoms with Gasteiger partial charge in [-0.15, -0.1) is 0 Å². The Hall–Kier alpha value is -3.19. The molecule has 7 heteroatoms. The topological polar surface area (TPSA) is 80.5 Å². The van der Waals surface area contributed by atoms with Crippen molar-refractivity contribution in [1.29, 1.82) is 0 Å². The first kappa shape index (κ1) is 17.6. The number of para-hydroxylation sites is 1. The summed E-state index contributed by atoms with van der Waals surface area (Å²) in [6, 6.07) is 22.9. The van der Waals surface area contributed by atoms with E-state index >= 15 is 0 Å². The average molecular weight is 368 g/mol. The van der Waals surface area contributed by atoms with Gasteiger partial charge in [0.2, 0.25) is 0 Å². The number of hydrogen-bond donors (Lipinski definition) is 0. The Morgan fingerprint density at radius 3 is 2.08 bits per heavy atom. The molecule has 0 bridgehead atoms. The molecule has 0 aromatic heterocycles. The molecule has 0 aliphatic rings. The van der Waals surface area contributed by atoms with Crippen LogP contribution in [0, 0.1) is 10.1 Å². The van der Waals surface area contributed by atoms with Gasteiger partial charge in [-0.25, -0.2) is 8.42 Å². The van der Waals surface area contributed by atoms with Crippen LogP contribution < -0.4 is 4.31 Å². The molecule has 0 fully saturated rings. The minimum Gasteiger partial charge on any atom is -0.262 e. The highest BCUT2D eigenvalue weighted by molar-refractivity contribution is 7.92. The van der Waals surface area contributed by atoms with Gasteiger partial charge in [0.25, 0.3) is 15.7 Å². The Labute approximate surface area is 151 Å². The largest absolute Gasteiger partial charge is 0.270 e. The molecule has 0 atom stereocenters. The van der Waals surface area contributed by atoms with Gasteiger partial charge in [-0.05, 0) is 23.8 Å². The van der Waals surface area contributed by atoms with Crippen molar-refractivity contribution < 1.29 is 13.3 Å². The van der Waals surface area contributed by atoms with Crippen LogP contribution in [0.2, 0.25) is 0 Å². The van der Waals surface area contributed by atoms with E-state index in [0.717, 1.165) is 11.6 Å². The normalized spacial score (nSPS) is 11.1. The second kappa shape index (κ2) is 7.37. The average Bonchev–Trinajstić information content (AvgIpc) is 2.67. The van der Waals surface area contributed by atoms with Crippen molar-refractivity contribution in [3.8, 4) is 0 Å². The van der Waals surface area contributed by atoms with E-state index in [1.54, 1.807) is 30.3 Å². The van der Waals surface area contributed by atoms with Crippen molar-refractivity contribution in [3.63, 3.8) is 0 Å². The predicted molar refractivity (Wildman–Crippen MR) is 99.3 cm³/mol. The zero-order valence-electron chi connectivity index (χ0n) is 13.7. The molecule has 26 heavy (non-hydrogen) atoms. The highest BCUT2D eigenvalue weighted by Gasteiger charge is 2.26. The summed E-state index contributed by atoms with van der Waals surface area (Å²) >= 11 is 0. The summed E-state index contributed by atoms with van der Waals surface area (Å²) in [4.78, 5) is 10.3. The third-order valence-electron chi connectivity index (χ3n) is 3.83. The quantitative estimate of drug-likeness (QED) is 0.487. The fourth-order valence-corrected chi connectivity index (χ4v) is 4.04. The Morgan fingerprint density at radius 1 is 0.846 bits per heavy atom. The molecule has 0 amide bonds. The molecule has 0 saturated carbocycles. The fraction of sp³-hybridized carbons (Fsp3) is 0.0526. The molecule has 0 aliphatic carbocycles. The van der Waals surface area contributed by atoms with Gasteiger partial charge in [0.15, 0.2) is 0 Å². The number of sulfonamides is 1. The number of nitro benzene ring substituents is 1. The summed E-state index contributed by atoms with van der Waals surface area (Å²) in [5.41, 5.74) is 1.03. The van der Waals surface area contributed by atoms with E-state index in [4.69, 9.17) is 0 Å². The fourth-order valence-electron chi connectivity index (χ4n) is 2.54. The maximum atomic E-state index is 13.2. The smallest absolute Gasteiger partial charge is 0.262 e. The third-order valence-corrected chi connectivity index (χ3v) is 5.60. The van der Waals surface area contributed by atoms with Crippen LogP contribution in [0.25, 0.3) is 0 Å². The highest BCUT2D eigenvalue weighted by atomic mass is 32.2. The van der Waals surface area contributed by atoms with Crippen LogP contribution in [0.15, 0.2) is 89.8 Å². The molecule has 3 aromatic rings. The Morgan fingerprint density at radius 2 is 1.46 bits per heavy atom. The van der Waals surface area contributed by atoms with Gasteiger partial charge >= 0.3 is 0 Å². The van der Waals surface area contributed by atoms with Gasteiger partial charge in [-0.2, -0.15) is 0 Å². The highest BCUT2D eigenvalue weighted by Crippen LogP contribution is 2.27. The summed E-state index contributed by atoms with van der Waals surface area (Å²) in [5.74, 6) is 0. The molecule has 0 heterocycles. The lowest BCUT2D eigenvalue weighted by atomic mass is 10.2.